The average molecular weight is 365 g/mol. The number of rotatable bonds is 6. The molecule has 9 heteroatoms. The molecule has 27 heavy (non-hydrogen) atoms. The summed E-state index contributed by atoms with van der Waals surface area (Å²) in [6.45, 7) is 2.50. The Labute approximate surface area is 153 Å². The Morgan fingerprint density at radius 1 is 1.26 bits per heavy atom. The van der Waals surface area contributed by atoms with Gasteiger partial charge < -0.3 is 19.0 Å². The van der Waals surface area contributed by atoms with Crippen LogP contribution < -0.4 is 10.1 Å². The standard InChI is InChI=1S/C18H15N5O4/c1-2-25-15-6-5-11(9-20-15)17-22-16(27-23-17)10-21-18(24)14-8-12-13(26-14)4-3-7-19-12/h3-9H,2,10H2,1H3,(H,21,24). The predicted molar refractivity (Wildman–Crippen MR) is 93.9 cm³/mol. The van der Waals surface area contributed by atoms with Gasteiger partial charge in [0.2, 0.25) is 17.6 Å². The molecule has 136 valence electrons. The van der Waals surface area contributed by atoms with Gasteiger partial charge in [0.05, 0.1) is 13.2 Å². The Kier molecular flexibility index (Phi) is 4.48. The molecule has 1 amide bonds. The van der Waals surface area contributed by atoms with Crippen LogP contribution in [0.1, 0.15) is 23.4 Å². The van der Waals surface area contributed by atoms with E-state index in [0.717, 1.165) is 0 Å². The van der Waals surface area contributed by atoms with Gasteiger partial charge in [-0.25, -0.2) is 4.98 Å². The molecule has 4 aromatic heterocycles. The fourth-order valence-corrected chi connectivity index (χ4v) is 2.41. The SMILES string of the molecule is CCOc1ccc(-c2noc(CNC(=O)c3cc4ncccc4o3)n2)cn1. The van der Waals surface area contributed by atoms with Gasteiger partial charge in [-0.2, -0.15) is 4.98 Å². The van der Waals surface area contributed by atoms with Crippen molar-refractivity contribution in [3.05, 3.63) is 54.4 Å². The number of ether oxygens (including phenoxy) is 1. The molecule has 0 unspecified atom stereocenters. The highest BCUT2D eigenvalue weighted by Gasteiger charge is 2.15. The molecule has 0 aliphatic rings. The zero-order valence-corrected chi connectivity index (χ0v) is 14.4. The molecule has 0 aliphatic heterocycles. The van der Waals surface area contributed by atoms with Crippen molar-refractivity contribution in [2.45, 2.75) is 13.5 Å². The van der Waals surface area contributed by atoms with E-state index >= 15 is 0 Å². The highest BCUT2D eigenvalue weighted by Crippen LogP contribution is 2.18. The highest BCUT2D eigenvalue weighted by molar-refractivity contribution is 5.95. The largest absolute Gasteiger partial charge is 0.478 e. The van der Waals surface area contributed by atoms with E-state index in [1.165, 1.54) is 0 Å². The number of nitrogens with zero attached hydrogens (tertiary/aromatic N) is 4. The van der Waals surface area contributed by atoms with Gasteiger partial charge in [-0.15, -0.1) is 0 Å². The van der Waals surface area contributed by atoms with E-state index in [9.17, 15) is 4.79 Å². The summed E-state index contributed by atoms with van der Waals surface area (Å²) >= 11 is 0. The predicted octanol–water partition coefficient (Wildman–Crippen LogP) is 2.60. The molecule has 0 atom stereocenters. The second-order valence-corrected chi connectivity index (χ2v) is 5.51. The second kappa shape index (κ2) is 7.24. The molecular formula is C18H15N5O4. The first-order valence-electron chi connectivity index (χ1n) is 8.27. The number of fused-ring (bicyclic) bond motifs is 1. The maximum absolute atomic E-state index is 12.2. The Morgan fingerprint density at radius 3 is 2.96 bits per heavy atom. The molecule has 0 saturated carbocycles. The molecule has 4 rings (SSSR count). The van der Waals surface area contributed by atoms with Crippen molar-refractivity contribution in [3.8, 4) is 17.3 Å². The van der Waals surface area contributed by atoms with E-state index in [1.54, 1.807) is 42.7 Å². The Balaban J connectivity index is 1.41. The van der Waals surface area contributed by atoms with Crippen LogP contribution in [-0.4, -0.2) is 32.6 Å². The number of carbonyl (C=O) groups excluding carboxylic acids is 1. The highest BCUT2D eigenvalue weighted by atomic mass is 16.5. The Morgan fingerprint density at radius 2 is 2.19 bits per heavy atom. The minimum Gasteiger partial charge on any atom is -0.478 e. The van der Waals surface area contributed by atoms with Crippen LogP contribution in [0.15, 0.2) is 51.7 Å². The molecule has 0 aromatic carbocycles. The number of furan rings is 1. The van der Waals surface area contributed by atoms with Crippen LogP contribution in [0.25, 0.3) is 22.5 Å². The van der Waals surface area contributed by atoms with Crippen LogP contribution in [-0.2, 0) is 6.54 Å². The summed E-state index contributed by atoms with van der Waals surface area (Å²) in [5, 5.41) is 6.57. The summed E-state index contributed by atoms with van der Waals surface area (Å²) in [6, 6.07) is 8.58. The average Bonchev–Trinajstić information content (AvgIpc) is 3.34. The number of nitrogens with one attached hydrogen (secondary N) is 1. The molecule has 0 spiro atoms. The zero-order valence-electron chi connectivity index (χ0n) is 14.4. The number of aromatic nitrogens is 4. The molecule has 1 N–H and O–H groups in total. The summed E-state index contributed by atoms with van der Waals surface area (Å²) < 4.78 is 15.9. The normalized spacial score (nSPS) is 10.9. The monoisotopic (exact) mass is 365 g/mol. The van der Waals surface area contributed by atoms with E-state index in [0.29, 0.717) is 35.0 Å². The van der Waals surface area contributed by atoms with Gasteiger partial charge in [0, 0.05) is 30.1 Å². The molecule has 4 heterocycles. The topological polar surface area (TPSA) is 116 Å². The molecular weight excluding hydrogens is 350 g/mol. The van der Waals surface area contributed by atoms with Crippen molar-refractivity contribution >= 4 is 17.0 Å². The van der Waals surface area contributed by atoms with E-state index < -0.39 is 5.91 Å². The van der Waals surface area contributed by atoms with Gasteiger partial charge in [-0.3, -0.25) is 9.78 Å². The summed E-state index contributed by atoms with van der Waals surface area (Å²) in [4.78, 5) is 24.7. The molecule has 4 aromatic rings. The first kappa shape index (κ1) is 16.7. The minimum atomic E-state index is -0.393. The lowest BCUT2D eigenvalue weighted by atomic mass is 10.3. The third-order valence-electron chi connectivity index (χ3n) is 3.67. The fourth-order valence-electron chi connectivity index (χ4n) is 2.41. The second-order valence-electron chi connectivity index (χ2n) is 5.51. The van der Waals surface area contributed by atoms with Gasteiger partial charge in [0.25, 0.3) is 5.91 Å². The van der Waals surface area contributed by atoms with E-state index in [1.807, 2.05) is 6.92 Å². The van der Waals surface area contributed by atoms with Crippen molar-refractivity contribution in [1.82, 2.24) is 25.4 Å². The lowest BCUT2D eigenvalue weighted by molar-refractivity contribution is 0.0920. The third-order valence-corrected chi connectivity index (χ3v) is 3.67. The fraction of sp³-hybridized carbons (Fsp3) is 0.167. The number of hydrogen-bond donors (Lipinski definition) is 1. The Hall–Kier alpha value is -3.75. The van der Waals surface area contributed by atoms with Crippen LogP contribution >= 0.6 is 0 Å². The van der Waals surface area contributed by atoms with Gasteiger partial charge in [0.15, 0.2) is 11.3 Å². The number of amides is 1. The maximum atomic E-state index is 12.2. The smallest absolute Gasteiger partial charge is 0.287 e. The molecule has 0 saturated heterocycles. The van der Waals surface area contributed by atoms with Crippen LogP contribution in [0.5, 0.6) is 5.88 Å². The lowest BCUT2D eigenvalue weighted by Gasteiger charge is -2.00. The first-order chi connectivity index (χ1) is 13.2. The lowest BCUT2D eigenvalue weighted by Crippen LogP contribution is -2.22. The van der Waals surface area contributed by atoms with Crippen LogP contribution in [0.4, 0.5) is 0 Å². The van der Waals surface area contributed by atoms with Gasteiger partial charge in [-0.05, 0) is 25.1 Å². The van der Waals surface area contributed by atoms with Crippen LogP contribution in [0.3, 0.4) is 0 Å². The van der Waals surface area contributed by atoms with Gasteiger partial charge in [0.1, 0.15) is 5.52 Å². The van der Waals surface area contributed by atoms with E-state index in [4.69, 9.17) is 13.7 Å². The summed E-state index contributed by atoms with van der Waals surface area (Å²) in [5.74, 6) is 0.941. The van der Waals surface area contributed by atoms with E-state index in [-0.39, 0.29) is 18.2 Å². The van der Waals surface area contributed by atoms with Crippen LogP contribution in [0, 0.1) is 0 Å². The number of carbonyl (C=O) groups is 1. The molecule has 0 fully saturated rings. The number of pyridine rings is 2. The van der Waals surface area contributed by atoms with Crippen molar-refractivity contribution in [2.75, 3.05) is 6.61 Å². The van der Waals surface area contributed by atoms with E-state index in [2.05, 4.69) is 25.4 Å². The van der Waals surface area contributed by atoms with Crippen molar-refractivity contribution in [2.24, 2.45) is 0 Å². The summed E-state index contributed by atoms with van der Waals surface area (Å²) in [7, 11) is 0. The third kappa shape index (κ3) is 3.61. The van der Waals surface area contributed by atoms with Gasteiger partial charge >= 0.3 is 0 Å². The molecule has 9 nitrogen and oxygen atoms in total. The Bertz CT molecular complexity index is 1040. The molecule has 0 aliphatic carbocycles. The van der Waals surface area contributed by atoms with Crippen LogP contribution in [0.2, 0.25) is 0 Å². The molecule has 0 radical (unpaired) electrons. The minimum absolute atomic E-state index is 0.0702. The summed E-state index contributed by atoms with van der Waals surface area (Å²) in [6.07, 6.45) is 3.23. The van der Waals surface area contributed by atoms with Crippen molar-refractivity contribution in [3.63, 3.8) is 0 Å². The number of hydrogen-bond acceptors (Lipinski definition) is 8. The maximum Gasteiger partial charge on any atom is 0.287 e. The molecule has 0 bridgehead atoms. The van der Waals surface area contributed by atoms with Crippen molar-refractivity contribution < 1.29 is 18.5 Å². The first-order valence-corrected chi connectivity index (χ1v) is 8.27. The zero-order chi connectivity index (χ0) is 18.6. The van der Waals surface area contributed by atoms with Crippen molar-refractivity contribution in [1.29, 1.82) is 0 Å². The quantitative estimate of drug-likeness (QED) is 0.554. The summed E-state index contributed by atoms with van der Waals surface area (Å²) in [5.41, 5.74) is 1.85. The van der Waals surface area contributed by atoms with Gasteiger partial charge in [-0.1, -0.05) is 5.16 Å².